The average molecular weight is 430 g/mol. The molecule has 0 aromatic heterocycles. The Labute approximate surface area is 156 Å². The zero-order chi connectivity index (χ0) is 15.3. The first-order valence-electron chi connectivity index (χ1n) is 7.51. The second-order valence-corrected chi connectivity index (χ2v) is 8.95. The topological polar surface area (TPSA) is 0 Å². The lowest BCUT2D eigenvalue weighted by molar-refractivity contribution is -0.00000429. The van der Waals surface area contributed by atoms with Crippen molar-refractivity contribution in [1.82, 2.24) is 0 Å². The Morgan fingerprint density at radius 3 is 1.43 bits per heavy atom. The van der Waals surface area contributed by atoms with E-state index in [-0.39, 0.29) is 24.0 Å². The lowest BCUT2D eigenvalue weighted by atomic mass is 10.2. The lowest BCUT2D eigenvalue weighted by Gasteiger charge is -2.19. The van der Waals surface area contributed by atoms with Crippen LogP contribution in [0.1, 0.15) is 5.56 Å². The molecule has 3 rings (SSSR count). The molecule has 0 spiro atoms. The van der Waals surface area contributed by atoms with E-state index in [1.54, 1.807) is 0 Å². The summed E-state index contributed by atoms with van der Waals surface area (Å²) in [4.78, 5) is 0. The first-order chi connectivity index (χ1) is 10.8. The van der Waals surface area contributed by atoms with Crippen LogP contribution >= 0.6 is 7.26 Å². The fraction of sp³-hybridized carbons (Fsp3) is 0.0476. The van der Waals surface area contributed by atoms with Crippen molar-refractivity contribution in [2.75, 3.05) is 6.66 Å². The molecular weight excluding hydrogens is 410 g/mol. The summed E-state index contributed by atoms with van der Waals surface area (Å²) in [7, 11) is -1.52. The lowest BCUT2D eigenvalue weighted by Crippen LogP contribution is -3.00. The van der Waals surface area contributed by atoms with Gasteiger partial charge in [-0.15, -0.1) is 0 Å². The van der Waals surface area contributed by atoms with Crippen LogP contribution in [0.4, 0.5) is 0 Å². The van der Waals surface area contributed by atoms with Crippen molar-refractivity contribution in [3.8, 4) is 0 Å². The van der Waals surface area contributed by atoms with Gasteiger partial charge in [-0.2, -0.15) is 0 Å². The molecule has 0 unspecified atom stereocenters. The van der Waals surface area contributed by atoms with Crippen LogP contribution < -0.4 is 34.6 Å². The molecule has 0 aliphatic rings. The maximum Gasteiger partial charge on any atom is 0.103 e. The summed E-state index contributed by atoms with van der Waals surface area (Å²) in [5, 5.41) is 2.82. The Balaban J connectivity index is 0.00000192. The molecule has 0 N–H and O–H groups in total. The quantitative estimate of drug-likeness (QED) is 0.439. The predicted octanol–water partition coefficient (Wildman–Crippen LogP) is 1.96. The highest BCUT2D eigenvalue weighted by Crippen LogP contribution is 2.54. The monoisotopic (exact) mass is 430 g/mol. The molecule has 0 nitrogen and oxygen atoms in total. The van der Waals surface area contributed by atoms with Crippen molar-refractivity contribution in [1.29, 1.82) is 0 Å². The van der Waals surface area contributed by atoms with Crippen molar-refractivity contribution in [3.05, 3.63) is 102 Å². The Morgan fingerprint density at radius 1 is 0.609 bits per heavy atom. The molecular formula is C21H20IP. The minimum Gasteiger partial charge on any atom is -1.00 e. The summed E-state index contributed by atoms with van der Waals surface area (Å²) in [5.74, 6) is 2.41. The van der Waals surface area contributed by atoms with Crippen molar-refractivity contribution in [2.45, 2.75) is 0 Å². The maximum absolute atomic E-state index is 2.41. The highest BCUT2D eigenvalue weighted by atomic mass is 127. The van der Waals surface area contributed by atoms with Gasteiger partial charge in [-0.05, 0) is 35.9 Å². The summed E-state index contributed by atoms with van der Waals surface area (Å²) >= 11 is 0. The van der Waals surface area contributed by atoms with Crippen molar-refractivity contribution in [2.24, 2.45) is 0 Å². The normalized spacial score (nSPS) is 11.2. The number of hydrogen-bond acceptors (Lipinski definition) is 0. The van der Waals surface area contributed by atoms with E-state index < -0.39 is 7.26 Å². The van der Waals surface area contributed by atoms with Crippen LogP contribution in [0.2, 0.25) is 0 Å². The molecule has 0 atom stereocenters. The van der Waals surface area contributed by atoms with E-state index in [1.807, 2.05) is 0 Å². The SMILES string of the molecule is C[P+](/C=C/c1ccccc1)(c1ccccc1)c1ccccc1.[I-]. The smallest absolute Gasteiger partial charge is 0.103 e. The van der Waals surface area contributed by atoms with E-state index in [2.05, 4.69) is 110 Å². The highest BCUT2D eigenvalue weighted by Gasteiger charge is 2.34. The molecule has 0 aliphatic carbocycles. The first kappa shape index (κ1) is 17.9. The van der Waals surface area contributed by atoms with Crippen LogP contribution in [0.5, 0.6) is 0 Å². The van der Waals surface area contributed by atoms with Gasteiger partial charge in [-0.1, -0.05) is 66.7 Å². The molecule has 0 fully saturated rings. The molecule has 116 valence electrons. The van der Waals surface area contributed by atoms with Gasteiger partial charge in [0.2, 0.25) is 0 Å². The Hall–Kier alpha value is -1.44. The van der Waals surface area contributed by atoms with Gasteiger partial charge >= 0.3 is 0 Å². The highest BCUT2D eigenvalue weighted by molar-refractivity contribution is 7.91. The maximum atomic E-state index is 2.41. The van der Waals surface area contributed by atoms with E-state index in [1.165, 1.54) is 16.2 Å². The number of halogens is 1. The first-order valence-corrected chi connectivity index (χ1v) is 9.81. The second-order valence-electron chi connectivity index (χ2n) is 5.47. The molecule has 23 heavy (non-hydrogen) atoms. The molecule has 0 amide bonds. The minimum atomic E-state index is -1.52. The number of rotatable bonds is 4. The third kappa shape index (κ3) is 4.31. The van der Waals surface area contributed by atoms with Gasteiger partial charge < -0.3 is 24.0 Å². The molecule has 3 aromatic carbocycles. The molecule has 0 radical (unpaired) electrons. The van der Waals surface area contributed by atoms with Crippen LogP contribution in [-0.4, -0.2) is 6.66 Å². The van der Waals surface area contributed by atoms with Crippen LogP contribution in [-0.2, 0) is 0 Å². The third-order valence-electron chi connectivity index (χ3n) is 3.95. The summed E-state index contributed by atoms with van der Waals surface area (Å²) in [6.45, 7) is 2.39. The summed E-state index contributed by atoms with van der Waals surface area (Å²) in [6.07, 6.45) is 2.26. The Bertz CT molecular complexity index is 697. The molecule has 2 heteroatoms. The van der Waals surface area contributed by atoms with Gasteiger partial charge in [-0.25, -0.2) is 0 Å². The molecule has 0 aliphatic heterocycles. The van der Waals surface area contributed by atoms with Gasteiger partial charge in [0.05, 0.1) is 12.5 Å². The number of benzene rings is 3. The summed E-state index contributed by atoms with van der Waals surface area (Å²) in [5.41, 5.74) is 1.25. The minimum absolute atomic E-state index is 0. The van der Waals surface area contributed by atoms with Gasteiger partial charge in [-0.3, -0.25) is 0 Å². The molecule has 0 heterocycles. The Kier molecular flexibility index (Phi) is 6.56. The van der Waals surface area contributed by atoms with Crippen LogP contribution in [0, 0.1) is 0 Å². The largest absolute Gasteiger partial charge is 1.00 e. The average Bonchev–Trinajstić information content (AvgIpc) is 2.62. The van der Waals surface area contributed by atoms with Gasteiger partial charge in [0, 0.05) is 0 Å². The van der Waals surface area contributed by atoms with Crippen LogP contribution in [0.15, 0.2) is 96.8 Å². The van der Waals surface area contributed by atoms with E-state index in [9.17, 15) is 0 Å². The molecule has 3 aromatic rings. The fourth-order valence-electron chi connectivity index (χ4n) is 2.60. The van der Waals surface area contributed by atoms with Crippen molar-refractivity contribution >= 4 is 23.9 Å². The van der Waals surface area contributed by atoms with E-state index in [4.69, 9.17) is 0 Å². The zero-order valence-electron chi connectivity index (χ0n) is 13.1. The number of hydrogen-bond donors (Lipinski definition) is 0. The summed E-state index contributed by atoms with van der Waals surface area (Å²) < 4.78 is 0. The van der Waals surface area contributed by atoms with Gasteiger partial charge in [0.25, 0.3) is 0 Å². The van der Waals surface area contributed by atoms with E-state index in [0.717, 1.165) is 0 Å². The predicted molar refractivity (Wildman–Crippen MR) is 100 cm³/mol. The third-order valence-corrected chi connectivity index (χ3v) is 7.44. The molecule has 0 saturated carbocycles. The fourth-order valence-corrected chi connectivity index (χ4v) is 5.29. The van der Waals surface area contributed by atoms with Crippen LogP contribution in [0.25, 0.3) is 6.08 Å². The second kappa shape index (κ2) is 8.42. The van der Waals surface area contributed by atoms with Crippen molar-refractivity contribution < 1.29 is 24.0 Å². The molecule has 0 saturated heterocycles. The molecule has 0 bridgehead atoms. The van der Waals surface area contributed by atoms with E-state index in [0.29, 0.717) is 0 Å². The summed E-state index contributed by atoms with van der Waals surface area (Å²) in [6, 6.07) is 32.2. The van der Waals surface area contributed by atoms with Crippen molar-refractivity contribution in [3.63, 3.8) is 0 Å². The van der Waals surface area contributed by atoms with Gasteiger partial charge in [0.15, 0.2) is 0 Å². The van der Waals surface area contributed by atoms with Gasteiger partial charge in [0.1, 0.15) is 17.9 Å². The van der Waals surface area contributed by atoms with Crippen LogP contribution in [0.3, 0.4) is 0 Å². The zero-order valence-corrected chi connectivity index (χ0v) is 16.2. The van der Waals surface area contributed by atoms with E-state index >= 15 is 0 Å². The standard InChI is InChI=1S/C21H20P.HI/c1-22(20-13-7-3-8-14-20,21-15-9-4-10-16-21)18-17-19-11-5-2-6-12-19;/h2-18H,1H3;1H/q+1;/p-1/b18-17+;. The Morgan fingerprint density at radius 2 is 1.00 bits per heavy atom.